The summed E-state index contributed by atoms with van der Waals surface area (Å²) in [7, 11) is 0. The lowest BCUT2D eigenvalue weighted by atomic mass is 10.2. The van der Waals surface area contributed by atoms with E-state index in [1.807, 2.05) is 22.7 Å². The van der Waals surface area contributed by atoms with Crippen LogP contribution in [-0.2, 0) is 13.0 Å². The summed E-state index contributed by atoms with van der Waals surface area (Å²) in [5, 5.41) is 7.95. The van der Waals surface area contributed by atoms with Crippen LogP contribution in [0.5, 0.6) is 0 Å². The highest BCUT2D eigenvalue weighted by Gasteiger charge is 2.19. The van der Waals surface area contributed by atoms with E-state index in [4.69, 9.17) is 0 Å². The Hall–Kier alpha value is -1.79. The average Bonchev–Trinajstić information content (AvgIpc) is 2.97. The van der Waals surface area contributed by atoms with Crippen molar-refractivity contribution in [2.45, 2.75) is 13.0 Å². The van der Waals surface area contributed by atoms with Gasteiger partial charge < -0.3 is 5.32 Å². The molecule has 4 rings (SSSR count). The van der Waals surface area contributed by atoms with Crippen LogP contribution in [-0.4, -0.2) is 26.1 Å². The van der Waals surface area contributed by atoms with Gasteiger partial charge in [-0.1, -0.05) is 17.4 Å². The second-order valence-electron chi connectivity index (χ2n) is 4.24. The molecule has 5 nitrogen and oxygen atoms in total. The molecule has 0 amide bonds. The van der Waals surface area contributed by atoms with Crippen LogP contribution in [0.1, 0.15) is 10.6 Å². The van der Waals surface area contributed by atoms with Gasteiger partial charge in [0.05, 0.1) is 5.69 Å². The molecule has 0 saturated heterocycles. The van der Waals surface area contributed by atoms with Gasteiger partial charge in [0.2, 0.25) is 10.8 Å². The molecule has 1 aliphatic rings. The Morgan fingerprint density at radius 3 is 3.22 bits per heavy atom. The number of hydrogen-bond acceptors (Lipinski definition) is 5. The number of nitrogens with zero attached hydrogens (tertiary/aromatic N) is 4. The summed E-state index contributed by atoms with van der Waals surface area (Å²) in [4.78, 5) is 11.2. The van der Waals surface area contributed by atoms with Crippen LogP contribution < -0.4 is 5.32 Å². The number of aromatic nitrogens is 4. The van der Waals surface area contributed by atoms with E-state index in [1.165, 1.54) is 10.6 Å². The fourth-order valence-electron chi connectivity index (χ4n) is 2.22. The van der Waals surface area contributed by atoms with Gasteiger partial charge in [-0.05, 0) is 12.1 Å². The monoisotopic (exact) mass is 257 g/mol. The van der Waals surface area contributed by atoms with Crippen LogP contribution in [0.15, 0.2) is 24.4 Å². The lowest BCUT2D eigenvalue weighted by Gasteiger charge is -2.11. The Labute approximate surface area is 108 Å². The van der Waals surface area contributed by atoms with Crippen molar-refractivity contribution in [1.29, 1.82) is 0 Å². The van der Waals surface area contributed by atoms with E-state index in [2.05, 4.69) is 20.4 Å². The molecule has 0 atom stereocenters. The Bertz CT molecular complexity index is 700. The highest BCUT2D eigenvalue weighted by atomic mass is 32.1. The van der Waals surface area contributed by atoms with Crippen LogP contribution >= 0.6 is 11.3 Å². The first-order valence-electron chi connectivity index (χ1n) is 5.91. The summed E-state index contributed by atoms with van der Waals surface area (Å²) in [5.74, 6) is 0.711. The molecule has 0 bridgehead atoms. The quantitative estimate of drug-likeness (QED) is 0.717. The van der Waals surface area contributed by atoms with Crippen molar-refractivity contribution in [3.8, 4) is 11.5 Å². The molecule has 0 unspecified atom stereocenters. The molecule has 90 valence electrons. The number of rotatable bonds is 1. The summed E-state index contributed by atoms with van der Waals surface area (Å²) in [6, 6.07) is 5.79. The molecule has 0 fully saturated rings. The second-order valence-corrected chi connectivity index (χ2v) is 5.31. The van der Waals surface area contributed by atoms with Crippen molar-refractivity contribution in [1.82, 2.24) is 24.9 Å². The van der Waals surface area contributed by atoms with E-state index in [1.54, 1.807) is 17.5 Å². The molecule has 0 saturated carbocycles. The first-order chi connectivity index (χ1) is 8.92. The molecule has 1 aliphatic heterocycles. The van der Waals surface area contributed by atoms with Crippen molar-refractivity contribution in [2.75, 3.05) is 6.54 Å². The normalized spacial score (nSPS) is 14.9. The summed E-state index contributed by atoms with van der Waals surface area (Å²) in [6.45, 7) is 1.95. The van der Waals surface area contributed by atoms with Gasteiger partial charge in [0.1, 0.15) is 5.69 Å². The Kier molecular flexibility index (Phi) is 2.18. The van der Waals surface area contributed by atoms with Gasteiger partial charge in [-0.15, -0.1) is 5.10 Å². The molecular formula is C12H11N5S. The molecule has 0 aromatic carbocycles. The second kappa shape index (κ2) is 3.86. The maximum atomic E-state index is 4.58. The SMILES string of the molecule is c1ccc(-c2nc3sc4c(n3n2)CCNC4)nc1. The molecule has 4 heterocycles. The van der Waals surface area contributed by atoms with E-state index >= 15 is 0 Å². The maximum absolute atomic E-state index is 4.58. The molecule has 18 heavy (non-hydrogen) atoms. The molecule has 3 aromatic heterocycles. The van der Waals surface area contributed by atoms with Gasteiger partial charge in [0.15, 0.2) is 0 Å². The molecule has 3 aromatic rings. The van der Waals surface area contributed by atoms with Crippen molar-refractivity contribution in [3.63, 3.8) is 0 Å². The third kappa shape index (κ3) is 1.46. The van der Waals surface area contributed by atoms with E-state index in [0.717, 1.165) is 30.2 Å². The topological polar surface area (TPSA) is 55.1 Å². The summed E-state index contributed by atoms with van der Waals surface area (Å²) in [6.07, 6.45) is 2.78. The molecule has 0 aliphatic carbocycles. The zero-order valence-corrected chi connectivity index (χ0v) is 10.4. The highest BCUT2D eigenvalue weighted by Crippen LogP contribution is 2.26. The largest absolute Gasteiger partial charge is 0.311 e. The van der Waals surface area contributed by atoms with Crippen LogP contribution in [0, 0.1) is 0 Å². The van der Waals surface area contributed by atoms with Crippen LogP contribution in [0.4, 0.5) is 0 Å². The van der Waals surface area contributed by atoms with Gasteiger partial charge in [0, 0.05) is 30.6 Å². The van der Waals surface area contributed by atoms with E-state index in [0.29, 0.717) is 5.82 Å². The minimum atomic E-state index is 0.711. The minimum Gasteiger partial charge on any atom is -0.311 e. The summed E-state index contributed by atoms with van der Waals surface area (Å²) in [5.41, 5.74) is 2.12. The van der Waals surface area contributed by atoms with Gasteiger partial charge in [-0.3, -0.25) is 4.98 Å². The van der Waals surface area contributed by atoms with Gasteiger partial charge in [-0.2, -0.15) is 4.98 Å². The highest BCUT2D eigenvalue weighted by molar-refractivity contribution is 7.17. The number of hydrogen-bond donors (Lipinski definition) is 1. The molecule has 0 radical (unpaired) electrons. The molecule has 1 N–H and O–H groups in total. The van der Waals surface area contributed by atoms with Gasteiger partial charge in [-0.25, -0.2) is 4.52 Å². The zero-order chi connectivity index (χ0) is 11.9. The van der Waals surface area contributed by atoms with Crippen molar-refractivity contribution >= 4 is 16.3 Å². The van der Waals surface area contributed by atoms with Crippen molar-refractivity contribution in [3.05, 3.63) is 35.0 Å². The number of pyridine rings is 1. The average molecular weight is 257 g/mol. The fraction of sp³-hybridized carbons (Fsp3) is 0.250. The Morgan fingerprint density at radius 2 is 2.33 bits per heavy atom. The zero-order valence-electron chi connectivity index (χ0n) is 9.63. The maximum Gasteiger partial charge on any atom is 0.213 e. The predicted octanol–water partition coefficient (Wildman–Crippen LogP) is 1.50. The van der Waals surface area contributed by atoms with Gasteiger partial charge in [0.25, 0.3) is 0 Å². The molecule has 6 heteroatoms. The Morgan fingerprint density at radius 1 is 1.33 bits per heavy atom. The van der Waals surface area contributed by atoms with E-state index in [-0.39, 0.29) is 0 Å². The first-order valence-corrected chi connectivity index (χ1v) is 6.73. The fourth-order valence-corrected chi connectivity index (χ4v) is 3.29. The van der Waals surface area contributed by atoms with Gasteiger partial charge >= 0.3 is 0 Å². The minimum absolute atomic E-state index is 0.711. The third-order valence-corrected chi connectivity index (χ3v) is 4.16. The number of fused-ring (bicyclic) bond motifs is 3. The molecular weight excluding hydrogens is 246 g/mol. The first kappa shape index (κ1) is 10.2. The lowest BCUT2D eigenvalue weighted by molar-refractivity contribution is 0.629. The van der Waals surface area contributed by atoms with Crippen molar-refractivity contribution < 1.29 is 0 Å². The Balaban J connectivity index is 1.88. The predicted molar refractivity (Wildman–Crippen MR) is 69.5 cm³/mol. The van der Waals surface area contributed by atoms with E-state index < -0.39 is 0 Å². The smallest absolute Gasteiger partial charge is 0.213 e. The molecule has 0 spiro atoms. The summed E-state index contributed by atoms with van der Waals surface area (Å²) < 4.78 is 1.98. The van der Waals surface area contributed by atoms with Crippen LogP contribution in [0.3, 0.4) is 0 Å². The summed E-state index contributed by atoms with van der Waals surface area (Å²) >= 11 is 1.71. The lowest BCUT2D eigenvalue weighted by Crippen LogP contribution is -2.23. The van der Waals surface area contributed by atoms with Crippen molar-refractivity contribution in [2.24, 2.45) is 0 Å². The number of thiazole rings is 1. The third-order valence-electron chi connectivity index (χ3n) is 3.09. The standard InChI is InChI=1S/C12H11N5S/c1-2-5-14-8(3-1)11-15-12-17(16-11)9-4-6-13-7-10(9)18-12/h1-3,5,13H,4,6-7H2. The van der Waals surface area contributed by atoms with E-state index in [9.17, 15) is 0 Å². The number of nitrogens with one attached hydrogen (secondary N) is 1. The van der Waals surface area contributed by atoms with Crippen LogP contribution in [0.25, 0.3) is 16.5 Å². The van der Waals surface area contributed by atoms with Crippen LogP contribution in [0.2, 0.25) is 0 Å².